The third-order valence-corrected chi connectivity index (χ3v) is 2.47. The lowest BCUT2D eigenvalue weighted by Gasteiger charge is -2.11. The Kier molecular flexibility index (Phi) is 2.80. The highest BCUT2D eigenvalue weighted by Gasteiger charge is 2.50. The number of hydrogen-bond donors (Lipinski definition) is 0. The molecule has 70 valence electrons. The third kappa shape index (κ3) is 2.02. The molecule has 0 atom stereocenters. The van der Waals surface area contributed by atoms with Crippen LogP contribution in [-0.4, -0.2) is 12.2 Å². The molecule has 1 fully saturated rings. The van der Waals surface area contributed by atoms with E-state index in [1.165, 1.54) is 0 Å². The molecule has 1 nitrogen and oxygen atoms in total. The highest BCUT2D eigenvalue weighted by molar-refractivity contribution is 5.87. The average molecular weight is 176 g/mol. The predicted octanol–water partition coefficient (Wildman–Crippen LogP) is 2.79. The number of rotatable bonds is 5. The second-order valence-electron chi connectivity index (χ2n) is 3.55. The maximum atomic E-state index is 12.0. The Morgan fingerprint density at radius 3 is 2.42 bits per heavy atom. The van der Waals surface area contributed by atoms with Gasteiger partial charge in [0.05, 0.1) is 0 Å². The Morgan fingerprint density at radius 2 is 2.08 bits per heavy atom. The molecule has 3 heteroatoms. The minimum atomic E-state index is -2.33. The predicted molar refractivity (Wildman–Crippen MR) is 42.2 cm³/mol. The summed E-state index contributed by atoms with van der Waals surface area (Å²) < 4.78 is 24.0. The summed E-state index contributed by atoms with van der Waals surface area (Å²) in [7, 11) is 0. The molecule has 0 aromatic heterocycles. The summed E-state index contributed by atoms with van der Waals surface area (Å²) in [5, 5.41) is 0. The average Bonchev–Trinajstić information content (AvgIpc) is 2.69. The summed E-state index contributed by atoms with van der Waals surface area (Å²) in [6.07, 6.45) is 0.0441. The third-order valence-electron chi connectivity index (χ3n) is 2.47. The van der Waals surface area contributed by atoms with E-state index in [-0.39, 0.29) is 12.2 Å². The van der Waals surface area contributed by atoms with Gasteiger partial charge in [-0.3, -0.25) is 4.79 Å². The Morgan fingerprint density at radius 1 is 1.50 bits per heavy atom. The fourth-order valence-electron chi connectivity index (χ4n) is 1.54. The molecule has 0 bridgehead atoms. The molecule has 1 saturated carbocycles. The van der Waals surface area contributed by atoms with Crippen molar-refractivity contribution in [1.82, 2.24) is 0 Å². The molecule has 0 aliphatic heterocycles. The van der Waals surface area contributed by atoms with Crippen LogP contribution in [0.3, 0.4) is 0 Å². The molecule has 1 rings (SSSR count). The second-order valence-corrected chi connectivity index (χ2v) is 3.55. The van der Waals surface area contributed by atoms with Gasteiger partial charge in [0.1, 0.15) is 5.78 Å². The molecule has 0 amide bonds. The van der Waals surface area contributed by atoms with Crippen molar-refractivity contribution in [1.29, 1.82) is 0 Å². The topological polar surface area (TPSA) is 17.1 Å². The summed E-state index contributed by atoms with van der Waals surface area (Å²) in [6, 6.07) is 0. The summed E-state index contributed by atoms with van der Waals surface area (Å²) in [5.41, 5.74) is -0.607. The Bertz CT molecular complexity index is 173. The van der Waals surface area contributed by atoms with Crippen molar-refractivity contribution in [3.05, 3.63) is 0 Å². The Hall–Kier alpha value is -0.470. The summed E-state index contributed by atoms with van der Waals surface area (Å²) >= 11 is 0. The van der Waals surface area contributed by atoms with E-state index >= 15 is 0 Å². The van der Waals surface area contributed by atoms with Gasteiger partial charge in [0, 0.05) is 18.3 Å². The van der Waals surface area contributed by atoms with Gasteiger partial charge in [-0.05, 0) is 19.3 Å². The quantitative estimate of drug-likeness (QED) is 0.629. The molecule has 12 heavy (non-hydrogen) atoms. The molecule has 0 N–H and O–H groups in total. The lowest BCUT2D eigenvalue weighted by atomic mass is 9.94. The van der Waals surface area contributed by atoms with Gasteiger partial charge in [-0.15, -0.1) is 0 Å². The van der Waals surface area contributed by atoms with Crippen molar-refractivity contribution in [2.75, 3.05) is 0 Å². The van der Waals surface area contributed by atoms with E-state index in [1.54, 1.807) is 0 Å². The minimum absolute atomic E-state index is 0.0466. The normalized spacial score (nSPS) is 19.7. The zero-order valence-corrected chi connectivity index (χ0v) is 7.28. The molecule has 0 spiro atoms. The van der Waals surface area contributed by atoms with Crippen LogP contribution in [-0.2, 0) is 4.79 Å². The van der Waals surface area contributed by atoms with E-state index in [2.05, 4.69) is 0 Å². The van der Waals surface area contributed by atoms with Crippen LogP contribution in [0.15, 0.2) is 0 Å². The number of halogens is 2. The number of alkyl halides is 2. The van der Waals surface area contributed by atoms with E-state index < -0.39 is 11.8 Å². The molecule has 0 radical (unpaired) electrons. The Balaban J connectivity index is 2.43. The van der Waals surface area contributed by atoms with Gasteiger partial charge in [-0.25, -0.2) is 8.78 Å². The number of carbonyl (C=O) groups excluding carboxylic acids is 1. The second kappa shape index (κ2) is 3.50. The first-order chi connectivity index (χ1) is 5.60. The van der Waals surface area contributed by atoms with Gasteiger partial charge in [0.2, 0.25) is 6.43 Å². The van der Waals surface area contributed by atoms with Crippen LogP contribution in [0, 0.1) is 5.41 Å². The SMILES string of the molecule is CCCC(=O)C1(CC(F)F)CC1. The Labute approximate surface area is 71.1 Å². The van der Waals surface area contributed by atoms with Gasteiger partial charge in [-0.2, -0.15) is 0 Å². The van der Waals surface area contributed by atoms with Gasteiger partial charge < -0.3 is 0 Å². The van der Waals surface area contributed by atoms with E-state index in [9.17, 15) is 13.6 Å². The molecular weight excluding hydrogens is 162 g/mol. The molecule has 1 aliphatic carbocycles. The van der Waals surface area contributed by atoms with Gasteiger partial charge >= 0.3 is 0 Å². The van der Waals surface area contributed by atoms with Crippen molar-refractivity contribution in [2.24, 2.45) is 5.41 Å². The van der Waals surface area contributed by atoms with E-state index in [0.717, 1.165) is 6.42 Å². The lowest BCUT2D eigenvalue weighted by molar-refractivity contribution is -0.125. The van der Waals surface area contributed by atoms with Crippen molar-refractivity contribution >= 4 is 5.78 Å². The molecule has 0 unspecified atom stereocenters. The molecule has 1 aliphatic rings. The van der Waals surface area contributed by atoms with Crippen LogP contribution < -0.4 is 0 Å². The first-order valence-corrected chi connectivity index (χ1v) is 4.42. The van der Waals surface area contributed by atoms with Crippen LogP contribution in [0.2, 0.25) is 0 Å². The zero-order chi connectivity index (χ0) is 9.19. The maximum absolute atomic E-state index is 12.0. The summed E-state index contributed by atoms with van der Waals surface area (Å²) in [6.45, 7) is 1.90. The smallest absolute Gasteiger partial charge is 0.239 e. The zero-order valence-electron chi connectivity index (χ0n) is 7.28. The van der Waals surface area contributed by atoms with Crippen LogP contribution in [0.4, 0.5) is 8.78 Å². The standard InChI is InChI=1S/C9H14F2O/c1-2-3-7(12)9(4-5-9)6-8(10)11/h8H,2-6H2,1H3. The first kappa shape index (κ1) is 9.62. The fraction of sp³-hybridized carbons (Fsp3) is 0.889. The molecule has 0 saturated heterocycles. The van der Waals surface area contributed by atoms with Gasteiger partial charge in [0.15, 0.2) is 0 Å². The van der Waals surface area contributed by atoms with E-state index in [4.69, 9.17) is 0 Å². The van der Waals surface area contributed by atoms with E-state index in [0.29, 0.717) is 19.3 Å². The first-order valence-electron chi connectivity index (χ1n) is 4.42. The molecular formula is C9H14F2O. The monoisotopic (exact) mass is 176 g/mol. The highest BCUT2D eigenvalue weighted by atomic mass is 19.3. The fourth-order valence-corrected chi connectivity index (χ4v) is 1.54. The van der Waals surface area contributed by atoms with Gasteiger partial charge in [-0.1, -0.05) is 6.92 Å². The van der Waals surface area contributed by atoms with Crippen LogP contribution in [0.25, 0.3) is 0 Å². The van der Waals surface area contributed by atoms with Crippen molar-refractivity contribution < 1.29 is 13.6 Å². The number of Topliss-reactive ketones (excluding diaryl/α,β-unsaturated/α-hetero) is 1. The van der Waals surface area contributed by atoms with Crippen LogP contribution >= 0.6 is 0 Å². The minimum Gasteiger partial charge on any atom is -0.299 e. The molecule has 0 aromatic carbocycles. The van der Waals surface area contributed by atoms with Crippen molar-refractivity contribution in [3.63, 3.8) is 0 Å². The highest BCUT2D eigenvalue weighted by Crippen LogP contribution is 2.51. The largest absolute Gasteiger partial charge is 0.299 e. The maximum Gasteiger partial charge on any atom is 0.239 e. The van der Waals surface area contributed by atoms with Crippen LogP contribution in [0.1, 0.15) is 39.0 Å². The van der Waals surface area contributed by atoms with Crippen molar-refractivity contribution in [3.8, 4) is 0 Å². The number of ketones is 1. The lowest BCUT2D eigenvalue weighted by Crippen LogP contribution is -2.18. The van der Waals surface area contributed by atoms with Gasteiger partial charge in [0.25, 0.3) is 0 Å². The summed E-state index contributed by atoms with van der Waals surface area (Å²) in [5.74, 6) is 0.0466. The molecule has 0 heterocycles. The van der Waals surface area contributed by atoms with Crippen LogP contribution in [0.5, 0.6) is 0 Å². The summed E-state index contributed by atoms with van der Waals surface area (Å²) in [4.78, 5) is 11.3. The number of hydrogen-bond acceptors (Lipinski definition) is 1. The molecule has 0 aromatic rings. The van der Waals surface area contributed by atoms with E-state index in [1.807, 2.05) is 6.92 Å². The number of carbonyl (C=O) groups is 1. The van der Waals surface area contributed by atoms with Crippen molar-refractivity contribution in [2.45, 2.75) is 45.5 Å².